The Morgan fingerprint density at radius 3 is 2.67 bits per heavy atom. The van der Waals surface area contributed by atoms with Crippen LogP contribution >= 0.6 is 0 Å². The van der Waals surface area contributed by atoms with Gasteiger partial charge in [0.2, 0.25) is 0 Å². The molecule has 18 heavy (non-hydrogen) atoms. The highest BCUT2D eigenvalue weighted by Crippen LogP contribution is 2.06. The predicted octanol–water partition coefficient (Wildman–Crippen LogP) is 2.40. The van der Waals surface area contributed by atoms with E-state index in [-0.39, 0.29) is 6.09 Å². The zero-order valence-electron chi connectivity index (χ0n) is 11.0. The number of aromatic nitrogens is 2. The second-order valence-corrected chi connectivity index (χ2v) is 4.79. The molecular weight excluding hydrogens is 230 g/mol. The Morgan fingerprint density at radius 2 is 2.06 bits per heavy atom. The van der Waals surface area contributed by atoms with Crippen molar-refractivity contribution in [2.45, 2.75) is 32.8 Å². The molecule has 0 aliphatic rings. The molecule has 0 aliphatic heterocycles. The van der Waals surface area contributed by atoms with Crippen molar-refractivity contribution in [3.05, 3.63) is 30.4 Å². The van der Waals surface area contributed by atoms with Gasteiger partial charge in [0.15, 0.2) is 0 Å². The Balaban J connectivity index is 2.19. The molecule has 5 heteroatoms. The molecule has 0 saturated heterocycles. The van der Waals surface area contributed by atoms with Gasteiger partial charge in [-0.1, -0.05) is 12.2 Å². The van der Waals surface area contributed by atoms with Gasteiger partial charge in [-0.15, -0.1) is 0 Å². The minimum absolute atomic E-state index is 0.390. The summed E-state index contributed by atoms with van der Waals surface area (Å²) in [4.78, 5) is 19.1. The molecule has 1 N–H and O–H groups in total. The van der Waals surface area contributed by atoms with Crippen LogP contribution in [0.1, 0.15) is 32.8 Å². The van der Waals surface area contributed by atoms with E-state index in [1.807, 2.05) is 32.9 Å². The van der Waals surface area contributed by atoms with E-state index >= 15 is 0 Å². The van der Waals surface area contributed by atoms with Gasteiger partial charge in [-0.2, -0.15) is 0 Å². The topological polar surface area (TPSA) is 64.1 Å². The van der Waals surface area contributed by atoms with Crippen LogP contribution in [0.15, 0.2) is 24.8 Å². The van der Waals surface area contributed by atoms with Crippen LogP contribution < -0.4 is 5.32 Å². The number of nitrogens with zero attached hydrogens (tertiary/aromatic N) is 2. The van der Waals surface area contributed by atoms with Crippen LogP contribution in [-0.4, -0.2) is 28.2 Å². The zero-order chi connectivity index (χ0) is 13.4. The summed E-state index contributed by atoms with van der Waals surface area (Å²) in [7, 11) is 0. The van der Waals surface area contributed by atoms with Crippen LogP contribution in [0.2, 0.25) is 0 Å². The molecule has 0 spiro atoms. The van der Waals surface area contributed by atoms with Crippen molar-refractivity contribution >= 4 is 12.2 Å². The number of carbonyl (C=O) groups is 1. The van der Waals surface area contributed by atoms with Gasteiger partial charge in [0, 0.05) is 24.5 Å². The van der Waals surface area contributed by atoms with Gasteiger partial charge in [0.1, 0.15) is 11.9 Å². The SMILES string of the molecule is CC(C)(C)OC(=O)NCCC=Cc1cncnc1. The normalized spacial score (nSPS) is 11.5. The lowest BCUT2D eigenvalue weighted by atomic mass is 10.2. The van der Waals surface area contributed by atoms with Crippen LogP contribution in [0, 0.1) is 0 Å². The Bertz CT molecular complexity index is 396. The minimum Gasteiger partial charge on any atom is -0.444 e. The molecule has 1 heterocycles. The standard InChI is InChI=1S/C13H19N3O2/c1-13(2,3)18-12(17)16-7-5-4-6-11-8-14-10-15-9-11/h4,6,8-10H,5,7H2,1-3H3,(H,16,17). The number of carbonyl (C=O) groups excluding carboxylic acids is 1. The first-order valence-corrected chi connectivity index (χ1v) is 5.86. The lowest BCUT2D eigenvalue weighted by Gasteiger charge is -2.19. The Kier molecular flexibility index (Phi) is 5.30. The molecule has 1 rings (SSSR count). The lowest BCUT2D eigenvalue weighted by molar-refractivity contribution is 0.0529. The van der Waals surface area contributed by atoms with Crippen molar-refractivity contribution in [1.82, 2.24) is 15.3 Å². The summed E-state index contributed by atoms with van der Waals surface area (Å²) in [5, 5.41) is 2.68. The van der Waals surface area contributed by atoms with Crippen molar-refractivity contribution in [2.75, 3.05) is 6.54 Å². The fraction of sp³-hybridized carbons (Fsp3) is 0.462. The molecule has 0 radical (unpaired) electrons. The van der Waals surface area contributed by atoms with Crippen LogP contribution in [0.25, 0.3) is 6.08 Å². The number of hydrogen-bond donors (Lipinski definition) is 1. The average Bonchev–Trinajstić information content (AvgIpc) is 2.27. The fourth-order valence-electron chi connectivity index (χ4n) is 1.19. The molecule has 1 aromatic heterocycles. The maximum Gasteiger partial charge on any atom is 0.407 e. The summed E-state index contributed by atoms with van der Waals surface area (Å²) in [6.07, 6.45) is 9.15. The summed E-state index contributed by atoms with van der Waals surface area (Å²) in [6.45, 7) is 6.05. The molecule has 0 saturated carbocycles. The van der Waals surface area contributed by atoms with Crippen molar-refractivity contribution in [3.8, 4) is 0 Å². The van der Waals surface area contributed by atoms with E-state index in [0.29, 0.717) is 6.54 Å². The summed E-state index contributed by atoms with van der Waals surface area (Å²) in [6, 6.07) is 0. The van der Waals surface area contributed by atoms with Crippen molar-refractivity contribution < 1.29 is 9.53 Å². The van der Waals surface area contributed by atoms with Gasteiger partial charge in [-0.05, 0) is 27.2 Å². The molecule has 0 fully saturated rings. The second-order valence-electron chi connectivity index (χ2n) is 4.79. The third-order valence-electron chi connectivity index (χ3n) is 1.87. The number of hydrogen-bond acceptors (Lipinski definition) is 4. The van der Waals surface area contributed by atoms with Crippen molar-refractivity contribution in [1.29, 1.82) is 0 Å². The predicted molar refractivity (Wildman–Crippen MR) is 69.9 cm³/mol. The molecule has 0 bridgehead atoms. The second kappa shape index (κ2) is 6.74. The Morgan fingerprint density at radius 1 is 1.39 bits per heavy atom. The maximum atomic E-state index is 11.3. The highest BCUT2D eigenvalue weighted by molar-refractivity contribution is 5.67. The summed E-state index contributed by atoms with van der Waals surface area (Å²) >= 11 is 0. The van der Waals surface area contributed by atoms with Gasteiger partial charge in [0.05, 0.1) is 0 Å². The summed E-state index contributed by atoms with van der Waals surface area (Å²) < 4.78 is 5.11. The summed E-state index contributed by atoms with van der Waals surface area (Å²) in [5.74, 6) is 0. The number of alkyl carbamates (subject to hydrolysis) is 1. The Labute approximate surface area is 107 Å². The number of ether oxygens (including phenoxy) is 1. The van der Waals surface area contributed by atoms with Crippen LogP contribution in [0.3, 0.4) is 0 Å². The molecule has 1 amide bonds. The van der Waals surface area contributed by atoms with Gasteiger partial charge in [-0.25, -0.2) is 14.8 Å². The highest BCUT2D eigenvalue weighted by atomic mass is 16.6. The first kappa shape index (κ1) is 14.2. The third kappa shape index (κ3) is 6.62. The van der Waals surface area contributed by atoms with E-state index in [2.05, 4.69) is 15.3 Å². The van der Waals surface area contributed by atoms with Crippen molar-refractivity contribution in [3.63, 3.8) is 0 Å². The van der Waals surface area contributed by atoms with E-state index in [0.717, 1.165) is 12.0 Å². The molecule has 0 aromatic carbocycles. The van der Waals surface area contributed by atoms with Crippen molar-refractivity contribution in [2.24, 2.45) is 0 Å². The van der Waals surface area contributed by atoms with Gasteiger partial charge < -0.3 is 10.1 Å². The number of amides is 1. The maximum absolute atomic E-state index is 11.3. The van der Waals surface area contributed by atoms with Gasteiger partial charge in [0.25, 0.3) is 0 Å². The first-order valence-electron chi connectivity index (χ1n) is 5.86. The quantitative estimate of drug-likeness (QED) is 0.832. The Hall–Kier alpha value is -1.91. The molecular formula is C13H19N3O2. The minimum atomic E-state index is -0.457. The van der Waals surface area contributed by atoms with Crippen LogP contribution in [-0.2, 0) is 4.74 Å². The monoisotopic (exact) mass is 249 g/mol. The molecule has 0 aliphatic carbocycles. The lowest BCUT2D eigenvalue weighted by Crippen LogP contribution is -2.32. The van der Waals surface area contributed by atoms with Gasteiger partial charge >= 0.3 is 6.09 Å². The molecule has 5 nitrogen and oxygen atoms in total. The molecule has 0 atom stereocenters. The third-order valence-corrected chi connectivity index (χ3v) is 1.87. The van der Waals surface area contributed by atoms with E-state index in [4.69, 9.17) is 4.74 Å². The van der Waals surface area contributed by atoms with Crippen LogP contribution in [0.4, 0.5) is 4.79 Å². The molecule has 1 aromatic rings. The number of nitrogens with one attached hydrogen (secondary N) is 1. The molecule has 0 unspecified atom stereocenters. The zero-order valence-corrected chi connectivity index (χ0v) is 11.0. The largest absolute Gasteiger partial charge is 0.444 e. The van der Waals surface area contributed by atoms with E-state index in [1.165, 1.54) is 6.33 Å². The van der Waals surface area contributed by atoms with E-state index in [9.17, 15) is 4.79 Å². The number of rotatable bonds is 4. The first-order chi connectivity index (χ1) is 8.47. The summed E-state index contributed by atoms with van der Waals surface area (Å²) in [5.41, 5.74) is 0.483. The highest BCUT2D eigenvalue weighted by Gasteiger charge is 2.14. The van der Waals surface area contributed by atoms with Crippen LogP contribution in [0.5, 0.6) is 0 Å². The average molecular weight is 249 g/mol. The van der Waals surface area contributed by atoms with Gasteiger partial charge in [-0.3, -0.25) is 0 Å². The van der Waals surface area contributed by atoms with E-state index in [1.54, 1.807) is 12.4 Å². The van der Waals surface area contributed by atoms with E-state index < -0.39 is 5.60 Å². The fourth-order valence-corrected chi connectivity index (χ4v) is 1.19. The smallest absolute Gasteiger partial charge is 0.407 e. The molecule has 98 valence electrons.